The fraction of sp³-hybridized carbons (Fsp3) is 0.300. The van der Waals surface area contributed by atoms with Crippen LogP contribution < -0.4 is 4.90 Å². The normalized spacial score (nSPS) is 21.9. The third-order valence-corrected chi connectivity index (χ3v) is 5.64. The van der Waals surface area contributed by atoms with E-state index in [9.17, 15) is 9.59 Å². The van der Waals surface area contributed by atoms with E-state index in [1.54, 1.807) is 17.0 Å². The largest absolute Gasteiger partial charge is 0.341 e. The van der Waals surface area contributed by atoms with Gasteiger partial charge in [-0.1, -0.05) is 41.9 Å². The van der Waals surface area contributed by atoms with Crippen molar-refractivity contribution in [2.45, 2.75) is 18.3 Å². The first-order valence-electron chi connectivity index (χ1n) is 8.41. The summed E-state index contributed by atoms with van der Waals surface area (Å²) in [6.45, 7) is 1.07. The van der Waals surface area contributed by atoms with Crippen molar-refractivity contribution in [2.24, 2.45) is 0 Å². The van der Waals surface area contributed by atoms with Crippen LogP contribution in [0.25, 0.3) is 0 Å². The van der Waals surface area contributed by atoms with Crippen molar-refractivity contribution in [3.05, 3.63) is 64.7 Å². The number of anilines is 1. The van der Waals surface area contributed by atoms with Crippen LogP contribution in [-0.2, 0) is 21.4 Å². The number of rotatable bonds is 2. The summed E-state index contributed by atoms with van der Waals surface area (Å²) in [5.74, 6) is 0.148. The molecule has 0 aliphatic carbocycles. The van der Waals surface area contributed by atoms with Gasteiger partial charge in [0, 0.05) is 30.8 Å². The third kappa shape index (κ3) is 2.52. The molecule has 2 aromatic carbocycles. The van der Waals surface area contributed by atoms with Gasteiger partial charge in [-0.3, -0.25) is 9.59 Å². The Morgan fingerprint density at radius 2 is 1.88 bits per heavy atom. The van der Waals surface area contributed by atoms with Gasteiger partial charge in [-0.15, -0.1) is 0 Å². The molecule has 0 N–H and O–H groups in total. The van der Waals surface area contributed by atoms with Gasteiger partial charge in [0.05, 0.1) is 11.8 Å². The van der Waals surface area contributed by atoms with Crippen molar-refractivity contribution >= 4 is 29.1 Å². The first-order chi connectivity index (χ1) is 12.0. The number of hydrogen-bond acceptors (Lipinski definition) is 2. The van der Waals surface area contributed by atoms with E-state index in [-0.39, 0.29) is 11.8 Å². The molecule has 2 amide bonds. The van der Waals surface area contributed by atoms with Crippen LogP contribution >= 0.6 is 11.6 Å². The van der Waals surface area contributed by atoms with Gasteiger partial charge in [-0.05, 0) is 35.7 Å². The maximum atomic E-state index is 12.9. The van der Waals surface area contributed by atoms with Gasteiger partial charge in [0.25, 0.3) is 0 Å². The van der Waals surface area contributed by atoms with E-state index in [1.807, 2.05) is 48.3 Å². The summed E-state index contributed by atoms with van der Waals surface area (Å²) in [6.07, 6.45) is 1.01. The summed E-state index contributed by atoms with van der Waals surface area (Å²) in [4.78, 5) is 29.2. The van der Waals surface area contributed by atoms with Gasteiger partial charge < -0.3 is 9.80 Å². The fourth-order valence-electron chi connectivity index (χ4n) is 4.02. The summed E-state index contributed by atoms with van der Waals surface area (Å²) >= 11 is 5.90. The average Bonchev–Trinajstić information content (AvgIpc) is 3.16. The summed E-state index contributed by atoms with van der Waals surface area (Å²) in [5, 5.41) is 0.660. The lowest BCUT2D eigenvalue weighted by Crippen LogP contribution is -2.42. The summed E-state index contributed by atoms with van der Waals surface area (Å²) in [7, 11) is 1.81. The Kier molecular flexibility index (Phi) is 3.80. The number of benzene rings is 2. The zero-order chi connectivity index (χ0) is 17.6. The number of likely N-dealkylation sites (tertiary alicyclic amines) is 1. The maximum Gasteiger partial charge on any atom is 0.239 e. The molecule has 0 aromatic heterocycles. The number of fused-ring (bicyclic) bond motifs is 2. The van der Waals surface area contributed by atoms with Crippen LogP contribution in [0, 0.1) is 0 Å². The predicted octanol–water partition coefficient (Wildman–Crippen LogP) is 3.03. The van der Waals surface area contributed by atoms with Gasteiger partial charge in [0.15, 0.2) is 0 Å². The summed E-state index contributed by atoms with van der Waals surface area (Å²) in [5.41, 5.74) is 2.36. The van der Waals surface area contributed by atoms with Crippen LogP contribution in [0.5, 0.6) is 0 Å². The van der Waals surface area contributed by atoms with E-state index < -0.39 is 5.41 Å². The lowest BCUT2D eigenvalue weighted by Gasteiger charge is -2.23. The molecule has 2 aromatic rings. The minimum absolute atomic E-state index is 0.0547. The van der Waals surface area contributed by atoms with E-state index in [4.69, 9.17) is 11.6 Å². The Labute approximate surface area is 152 Å². The second kappa shape index (κ2) is 5.88. The molecule has 1 spiro atoms. The van der Waals surface area contributed by atoms with Crippen molar-refractivity contribution < 1.29 is 9.59 Å². The SMILES string of the molecule is CN1C(=O)C2(CCN(C(=O)Cc3ccc(Cl)cc3)C2)c2ccccc21. The number of nitrogens with zero attached hydrogens (tertiary/aromatic N) is 2. The highest BCUT2D eigenvalue weighted by Gasteiger charge is 2.53. The number of halogens is 1. The van der Waals surface area contributed by atoms with Crippen molar-refractivity contribution in [1.82, 2.24) is 4.90 Å². The van der Waals surface area contributed by atoms with E-state index in [1.165, 1.54) is 0 Å². The molecule has 1 fully saturated rings. The number of para-hydroxylation sites is 1. The first-order valence-corrected chi connectivity index (χ1v) is 8.79. The number of amides is 2. The van der Waals surface area contributed by atoms with Gasteiger partial charge in [0.1, 0.15) is 0 Å². The van der Waals surface area contributed by atoms with Crippen LogP contribution in [0.3, 0.4) is 0 Å². The predicted molar refractivity (Wildman–Crippen MR) is 97.9 cm³/mol. The Balaban J connectivity index is 1.56. The maximum absolute atomic E-state index is 12.9. The highest BCUT2D eigenvalue weighted by atomic mass is 35.5. The number of hydrogen-bond donors (Lipinski definition) is 0. The molecule has 25 heavy (non-hydrogen) atoms. The molecular weight excluding hydrogens is 336 g/mol. The lowest BCUT2D eigenvalue weighted by molar-refractivity contribution is -0.130. The third-order valence-electron chi connectivity index (χ3n) is 5.39. The Bertz CT molecular complexity index is 849. The second-order valence-electron chi connectivity index (χ2n) is 6.83. The zero-order valence-electron chi connectivity index (χ0n) is 14.0. The molecule has 2 aliphatic rings. The molecule has 4 rings (SSSR count). The van der Waals surface area contributed by atoms with E-state index in [0.717, 1.165) is 16.8 Å². The van der Waals surface area contributed by atoms with Crippen LogP contribution in [0.1, 0.15) is 17.5 Å². The molecule has 1 unspecified atom stereocenters. The Morgan fingerprint density at radius 1 is 1.16 bits per heavy atom. The van der Waals surface area contributed by atoms with Gasteiger partial charge in [-0.2, -0.15) is 0 Å². The second-order valence-corrected chi connectivity index (χ2v) is 7.27. The lowest BCUT2D eigenvalue weighted by atomic mass is 9.81. The van der Waals surface area contributed by atoms with E-state index in [2.05, 4.69) is 0 Å². The minimum Gasteiger partial charge on any atom is -0.341 e. The summed E-state index contributed by atoms with van der Waals surface area (Å²) in [6, 6.07) is 15.2. The average molecular weight is 355 g/mol. The fourth-order valence-corrected chi connectivity index (χ4v) is 4.15. The Hall–Kier alpha value is -2.33. The topological polar surface area (TPSA) is 40.6 Å². The van der Waals surface area contributed by atoms with Crippen molar-refractivity contribution in [3.8, 4) is 0 Å². The van der Waals surface area contributed by atoms with Crippen molar-refractivity contribution in [1.29, 1.82) is 0 Å². The zero-order valence-corrected chi connectivity index (χ0v) is 14.8. The van der Waals surface area contributed by atoms with Crippen LogP contribution in [0.2, 0.25) is 5.02 Å². The molecular formula is C20H19ClN2O2. The van der Waals surface area contributed by atoms with Gasteiger partial charge in [-0.25, -0.2) is 0 Å². The van der Waals surface area contributed by atoms with Crippen LogP contribution in [0.15, 0.2) is 48.5 Å². The monoisotopic (exact) mass is 354 g/mol. The highest BCUT2D eigenvalue weighted by molar-refractivity contribution is 6.30. The minimum atomic E-state index is -0.582. The highest BCUT2D eigenvalue weighted by Crippen LogP contribution is 2.46. The first kappa shape index (κ1) is 16.2. The molecule has 1 saturated heterocycles. The molecule has 1 atom stereocenters. The number of carbonyl (C=O) groups excluding carboxylic acids is 2. The van der Waals surface area contributed by atoms with Gasteiger partial charge >= 0.3 is 0 Å². The molecule has 0 bridgehead atoms. The quantitative estimate of drug-likeness (QED) is 0.831. The van der Waals surface area contributed by atoms with Crippen molar-refractivity contribution in [2.75, 3.05) is 25.0 Å². The van der Waals surface area contributed by atoms with Crippen LogP contribution in [-0.4, -0.2) is 36.9 Å². The Morgan fingerprint density at radius 3 is 2.64 bits per heavy atom. The molecule has 0 saturated carbocycles. The number of carbonyl (C=O) groups is 2. The van der Waals surface area contributed by atoms with E-state index >= 15 is 0 Å². The van der Waals surface area contributed by atoms with Crippen LogP contribution in [0.4, 0.5) is 5.69 Å². The van der Waals surface area contributed by atoms with Crippen molar-refractivity contribution in [3.63, 3.8) is 0 Å². The molecule has 2 heterocycles. The molecule has 5 heteroatoms. The number of likely N-dealkylation sites (N-methyl/N-ethyl adjacent to an activating group) is 1. The van der Waals surface area contributed by atoms with E-state index in [0.29, 0.717) is 31.0 Å². The molecule has 128 valence electrons. The molecule has 0 radical (unpaired) electrons. The smallest absolute Gasteiger partial charge is 0.239 e. The standard InChI is InChI=1S/C20H19ClN2O2/c1-22-17-5-3-2-4-16(17)20(19(22)25)10-11-23(13-20)18(24)12-14-6-8-15(21)9-7-14/h2-9H,10-13H2,1H3. The van der Waals surface area contributed by atoms with Gasteiger partial charge in [0.2, 0.25) is 11.8 Å². The molecule has 4 nitrogen and oxygen atoms in total. The molecule has 2 aliphatic heterocycles. The summed E-state index contributed by atoms with van der Waals surface area (Å²) < 4.78 is 0.